The Morgan fingerprint density at radius 2 is 2.17 bits per heavy atom. The van der Waals surface area contributed by atoms with Gasteiger partial charge in [0.25, 0.3) is 0 Å². The molecule has 1 aromatic carbocycles. The zero-order valence-corrected chi connectivity index (χ0v) is 15.2. The minimum atomic E-state index is -1.01. The summed E-state index contributed by atoms with van der Waals surface area (Å²) in [6.07, 6.45) is 0.421. The molecule has 0 radical (unpaired) electrons. The lowest BCUT2D eigenvalue weighted by Crippen LogP contribution is -2.48. The van der Waals surface area contributed by atoms with Gasteiger partial charge < -0.3 is 9.84 Å². The molecule has 0 aliphatic carbocycles. The van der Waals surface area contributed by atoms with Gasteiger partial charge in [-0.2, -0.15) is 0 Å². The number of aliphatic hydroxyl groups is 1. The van der Waals surface area contributed by atoms with Crippen LogP contribution in [0.1, 0.15) is 26.3 Å². The van der Waals surface area contributed by atoms with E-state index in [1.165, 1.54) is 16.7 Å². The van der Waals surface area contributed by atoms with Gasteiger partial charge in [0.2, 0.25) is 0 Å². The van der Waals surface area contributed by atoms with Crippen molar-refractivity contribution in [1.82, 2.24) is 0 Å². The topological polar surface area (TPSA) is 62.1 Å². The average Bonchev–Trinajstić information content (AvgIpc) is 3.00. The van der Waals surface area contributed by atoms with Crippen LogP contribution < -0.4 is 4.90 Å². The molecule has 0 saturated carbocycles. The van der Waals surface area contributed by atoms with Crippen molar-refractivity contribution < 1.29 is 14.6 Å². The van der Waals surface area contributed by atoms with Gasteiger partial charge in [-0.15, -0.1) is 11.8 Å². The van der Waals surface area contributed by atoms with Gasteiger partial charge in [0, 0.05) is 0 Å². The number of nitrogens with zero attached hydrogens (tertiary/aromatic N) is 2. The molecule has 0 unspecified atom stereocenters. The quantitative estimate of drug-likeness (QED) is 0.775. The van der Waals surface area contributed by atoms with Gasteiger partial charge in [-0.3, -0.25) is 4.99 Å². The second-order valence-corrected chi connectivity index (χ2v) is 8.89. The number of benzene rings is 1. The first-order chi connectivity index (χ1) is 10.8. The van der Waals surface area contributed by atoms with Gasteiger partial charge in [-0.05, 0) is 38.7 Å². The van der Waals surface area contributed by atoms with Crippen LogP contribution in [0.2, 0.25) is 0 Å². The lowest BCUT2D eigenvalue weighted by molar-refractivity contribution is 0.0453. The summed E-state index contributed by atoms with van der Waals surface area (Å²) in [6.45, 7) is 5.89. The molecule has 3 rings (SSSR count). The lowest BCUT2D eigenvalue weighted by Gasteiger charge is -2.31. The smallest absolute Gasteiger partial charge is 0.417 e. The van der Waals surface area contributed by atoms with Crippen LogP contribution in [-0.4, -0.2) is 40.2 Å². The van der Waals surface area contributed by atoms with Crippen molar-refractivity contribution in [2.75, 3.05) is 17.7 Å². The summed E-state index contributed by atoms with van der Waals surface area (Å²) >= 11 is 3.08. The SMILES string of the molecule is CSC1=NC[C@]2(S1)c1ccccc1N(C(=O)OC(C)(C)C)[C@@H]2O. The van der Waals surface area contributed by atoms with Crippen molar-refractivity contribution in [3.63, 3.8) is 0 Å². The van der Waals surface area contributed by atoms with Crippen LogP contribution in [0.5, 0.6) is 0 Å². The molecule has 0 fully saturated rings. The van der Waals surface area contributed by atoms with E-state index in [4.69, 9.17) is 4.74 Å². The maximum Gasteiger partial charge on any atom is 0.417 e. The molecule has 124 valence electrons. The molecule has 0 bridgehead atoms. The van der Waals surface area contributed by atoms with Crippen molar-refractivity contribution in [1.29, 1.82) is 0 Å². The molecule has 7 heteroatoms. The van der Waals surface area contributed by atoms with Crippen LogP contribution in [-0.2, 0) is 9.48 Å². The lowest BCUT2D eigenvalue weighted by atomic mass is 9.99. The molecular weight excluding hydrogens is 332 g/mol. The Morgan fingerprint density at radius 1 is 1.48 bits per heavy atom. The molecule has 1 spiro atoms. The largest absolute Gasteiger partial charge is 0.443 e. The number of carbonyl (C=O) groups excluding carboxylic acids is 1. The van der Waals surface area contributed by atoms with Crippen LogP contribution in [0.4, 0.5) is 10.5 Å². The molecule has 2 atom stereocenters. The third-order valence-electron chi connectivity index (χ3n) is 3.76. The Bertz CT molecular complexity index is 672. The second-order valence-electron chi connectivity index (χ2n) is 6.52. The van der Waals surface area contributed by atoms with Gasteiger partial charge in [-0.25, -0.2) is 9.69 Å². The van der Waals surface area contributed by atoms with Crippen LogP contribution in [0, 0.1) is 0 Å². The molecule has 0 saturated heterocycles. The molecule has 1 amide bonds. The molecule has 5 nitrogen and oxygen atoms in total. The predicted molar refractivity (Wildman–Crippen MR) is 96.2 cm³/mol. The summed E-state index contributed by atoms with van der Waals surface area (Å²) in [4.78, 5) is 18.5. The number of ether oxygens (including phenoxy) is 1. The number of para-hydroxylation sites is 1. The number of aliphatic hydroxyl groups excluding tert-OH is 1. The standard InChI is InChI=1S/C16H20N2O3S2/c1-15(2,3)21-14(20)18-11-8-6-5-7-10(11)16(12(18)19)9-17-13(22-4)23-16/h5-8,12,19H,9H2,1-4H3/t12-,16+/m1/s1. The molecule has 2 heterocycles. The number of hydrogen-bond donors (Lipinski definition) is 1. The molecule has 23 heavy (non-hydrogen) atoms. The minimum Gasteiger partial charge on any atom is -0.443 e. The zero-order chi connectivity index (χ0) is 16.8. The first-order valence-electron chi connectivity index (χ1n) is 7.36. The molecule has 2 aliphatic rings. The van der Waals surface area contributed by atoms with E-state index in [1.807, 2.05) is 51.3 Å². The fourth-order valence-electron chi connectivity index (χ4n) is 2.81. The van der Waals surface area contributed by atoms with Crippen LogP contribution >= 0.6 is 23.5 Å². The van der Waals surface area contributed by atoms with Crippen molar-refractivity contribution in [2.45, 2.75) is 37.3 Å². The molecule has 1 aromatic rings. The maximum absolute atomic E-state index is 12.6. The Kier molecular flexibility index (Phi) is 4.14. The predicted octanol–water partition coefficient (Wildman–Crippen LogP) is 3.42. The minimum absolute atomic E-state index is 0.450. The summed E-state index contributed by atoms with van der Waals surface area (Å²) in [5.41, 5.74) is 1.00. The normalized spacial score (nSPS) is 26.4. The van der Waals surface area contributed by atoms with Crippen molar-refractivity contribution in [3.8, 4) is 0 Å². The second kappa shape index (κ2) is 5.72. The van der Waals surface area contributed by atoms with E-state index in [9.17, 15) is 9.90 Å². The number of carbonyl (C=O) groups is 1. The van der Waals surface area contributed by atoms with Gasteiger partial charge in [0.1, 0.15) is 14.7 Å². The fraction of sp³-hybridized carbons (Fsp3) is 0.500. The summed E-state index contributed by atoms with van der Waals surface area (Å²) in [5.74, 6) is 0. The molecular formula is C16H20N2O3S2. The number of fused-ring (bicyclic) bond motifs is 2. The number of rotatable bonds is 0. The Balaban J connectivity index is 2.00. The highest BCUT2D eigenvalue weighted by Crippen LogP contribution is 2.55. The van der Waals surface area contributed by atoms with E-state index in [0.717, 1.165) is 9.94 Å². The summed E-state index contributed by atoms with van der Waals surface area (Å²) in [6, 6.07) is 7.57. The van der Waals surface area contributed by atoms with Gasteiger partial charge in [0.05, 0.1) is 12.2 Å². The first-order valence-corrected chi connectivity index (χ1v) is 9.40. The average molecular weight is 352 g/mol. The maximum atomic E-state index is 12.6. The number of anilines is 1. The third-order valence-corrected chi connectivity index (χ3v) is 6.21. The number of thioether (sulfide) groups is 2. The highest BCUT2D eigenvalue weighted by Gasteiger charge is 2.56. The zero-order valence-electron chi connectivity index (χ0n) is 13.6. The van der Waals surface area contributed by atoms with Gasteiger partial charge in [-0.1, -0.05) is 30.0 Å². The number of hydrogen-bond acceptors (Lipinski definition) is 6. The molecule has 0 aromatic heterocycles. The van der Waals surface area contributed by atoms with E-state index in [0.29, 0.717) is 12.2 Å². The summed E-state index contributed by atoms with van der Waals surface area (Å²) in [5, 5.41) is 11.0. The summed E-state index contributed by atoms with van der Waals surface area (Å²) in [7, 11) is 0. The van der Waals surface area contributed by atoms with Crippen molar-refractivity contribution >= 4 is 39.7 Å². The van der Waals surface area contributed by atoms with Crippen LogP contribution in [0.3, 0.4) is 0 Å². The van der Waals surface area contributed by atoms with Crippen molar-refractivity contribution in [3.05, 3.63) is 29.8 Å². The monoisotopic (exact) mass is 352 g/mol. The van der Waals surface area contributed by atoms with E-state index < -0.39 is 22.7 Å². The highest BCUT2D eigenvalue weighted by atomic mass is 32.2. The highest BCUT2D eigenvalue weighted by molar-refractivity contribution is 8.39. The Morgan fingerprint density at radius 3 is 2.78 bits per heavy atom. The number of aliphatic imine (C=N–C) groups is 1. The van der Waals surface area contributed by atoms with Crippen LogP contribution in [0.25, 0.3) is 0 Å². The van der Waals surface area contributed by atoms with E-state index in [2.05, 4.69) is 4.99 Å². The van der Waals surface area contributed by atoms with Gasteiger partial charge in [0.15, 0.2) is 6.23 Å². The van der Waals surface area contributed by atoms with Gasteiger partial charge >= 0.3 is 6.09 Å². The fourth-order valence-corrected chi connectivity index (χ4v) is 4.85. The Hall–Kier alpha value is -1.18. The Labute approximate surface area is 144 Å². The first kappa shape index (κ1) is 16.7. The van der Waals surface area contributed by atoms with Crippen molar-refractivity contribution in [2.24, 2.45) is 4.99 Å². The molecule has 1 N–H and O–H groups in total. The number of amides is 1. The van der Waals surface area contributed by atoms with E-state index >= 15 is 0 Å². The molecule has 2 aliphatic heterocycles. The van der Waals surface area contributed by atoms with E-state index in [1.54, 1.807) is 11.8 Å². The third kappa shape index (κ3) is 2.75. The van der Waals surface area contributed by atoms with Crippen LogP contribution in [0.15, 0.2) is 29.3 Å². The summed E-state index contributed by atoms with van der Waals surface area (Å²) < 4.78 is 5.75. The van der Waals surface area contributed by atoms with E-state index in [-0.39, 0.29) is 0 Å².